The minimum absolute atomic E-state index is 0.157. The van der Waals surface area contributed by atoms with Crippen LogP contribution in [0.5, 0.6) is 0 Å². The van der Waals surface area contributed by atoms with Crippen LogP contribution in [0.1, 0.15) is 30.5 Å². The third-order valence-corrected chi connectivity index (χ3v) is 4.90. The van der Waals surface area contributed by atoms with Crippen molar-refractivity contribution in [2.75, 3.05) is 25.4 Å². The van der Waals surface area contributed by atoms with E-state index in [2.05, 4.69) is 65.9 Å². The van der Waals surface area contributed by atoms with Gasteiger partial charge in [0.1, 0.15) is 5.82 Å². The van der Waals surface area contributed by atoms with Crippen LogP contribution < -0.4 is 5.73 Å². The maximum absolute atomic E-state index is 5.67. The maximum Gasteiger partial charge on any atom is 0.123 e. The zero-order chi connectivity index (χ0) is 17.2. The lowest BCUT2D eigenvalue weighted by Gasteiger charge is -2.47. The van der Waals surface area contributed by atoms with Gasteiger partial charge in [0.05, 0.1) is 0 Å². The van der Waals surface area contributed by atoms with Crippen molar-refractivity contribution < 1.29 is 0 Å². The van der Waals surface area contributed by atoms with Gasteiger partial charge in [0.15, 0.2) is 0 Å². The van der Waals surface area contributed by atoms with Gasteiger partial charge in [0.25, 0.3) is 0 Å². The van der Waals surface area contributed by atoms with E-state index < -0.39 is 0 Å². The molecule has 0 aliphatic carbocycles. The molecule has 0 spiro atoms. The summed E-state index contributed by atoms with van der Waals surface area (Å²) in [6.45, 7) is 12.0. The van der Waals surface area contributed by atoms with Gasteiger partial charge in [-0.1, -0.05) is 35.9 Å². The molecule has 1 aromatic carbocycles. The molecule has 2 N–H and O–H groups in total. The van der Waals surface area contributed by atoms with E-state index in [-0.39, 0.29) is 5.54 Å². The number of aryl methyl sites for hydroxylation is 1. The van der Waals surface area contributed by atoms with E-state index in [0.717, 1.165) is 32.7 Å². The van der Waals surface area contributed by atoms with Crippen LogP contribution in [0.4, 0.5) is 5.82 Å². The quantitative estimate of drug-likeness (QED) is 0.939. The topological polar surface area (TPSA) is 45.4 Å². The number of hydrogen-bond donors (Lipinski definition) is 1. The Morgan fingerprint density at radius 3 is 2.33 bits per heavy atom. The molecule has 1 aliphatic heterocycles. The number of nitrogens with zero attached hydrogens (tertiary/aromatic N) is 3. The fourth-order valence-electron chi connectivity index (χ4n) is 3.42. The molecule has 1 aromatic heterocycles. The van der Waals surface area contributed by atoms with Crippen molar-refractivity contribution >= 4 is 5.82 Å². The summed E-state index contributed by atoms with van der Waals surface area (Å²) in [5.41, 5.74) is 9.77. The number of piperazine rings is 1. The smallest absolute Gasteiger partial charge is 0.123 e. The fourth-order valence-corrected chi connectivity index (χ4v) is 3.42. The lowest BCUT2D eigenvalue weighted by molar-refractivity contribution is 0.0103. The molecule has 2 heterocycles. The van der Waals surface area contributed by atoms with Crippen molar-refractivity contribution in [1.82, 2.24) is 14.8 Å². The van der Waals surface area contributed by atoms with Crippen molar-refractivity contribution in [3.05, 3.63) is 59.3 Å². The summed E-state index contributed by atoms with van der Waals surface area (Å²) in [5.74, 6) is 0.585. The maximum atomic E-state index is 5.67. The van der Waals surface area contributed by atoms with Gasteiger partial charge in [-0.15, -0.1) is 0 Å². The van der Waals surface area contributed by atoms with E-state index in [1.54, 1.807) is 0 Å². The molecule has 3 rings (SSSR count). The van der Waals surface area contributed by atoms with Gasteiger partial charge in [0, 0.05) is 44.5 Å². The monoisotopic (exact) mass is 324 g/mol. The highest BCUT2D eigenvalue weighted by Gasteiger charge is 2.33. The average Bonchev–Trinajstić information content (AvgIpc) is 2.54. The highest BCUT2D eigenvalue weighted by Crippen LogP contribution is 2.24. The van der Waals surface area contributed by atoms with Crippen molar-refractivity contribution in [1.29, 1.82) is 0 Å². The number of pyridine rings is 1. The second-order valence-electron chi connectivity index (χ2n) is 7.52. The second-order valence-corrected chi connectivity index (χ2v) is 7.52. The number of rotatable bonds is 4. The van der Waals surface area contributed by atoms with Crippen molar-refractivity contribution in [2.45, 2.75) is 39.4 Å². The number of anilines is 1. The zero-order valence-electron chi connectivity index (χ0n) is 15.0. The first kappa shape index (κ1) is 16.9. The van der Waals surface area contributed by atoms with Crippen LogP contribution in [0.2, 0.25) is 0 Å². The van der Waals surface area contributed by atoms with Crippen molar-refractivity contribution in [2.24, 2.45) is 0 Å². The zero-order valence-corrected chi connectivity index (χ0v) is 15.0. The summed E-state index contributed by atoms with van der Waals surface area (Å²) < 4.78 is 0. The van der Waals surface area contributed by atoms with E-state index in [1.807, 2.05) is 12.3 Å². The van der Waals surface area contributed by atoms with Crippen LogP contribution in [0.15, 0.2) is 42.6 Å². The molecular formula is C20H28N4. The number of aromatic nitrogens is 1. The number of nitrogen functional groups attached to an aromatic ring is 1. The molecule has 24 heavy (non-hydrogen) atoms. The summed E-state index contributed by atoms with van der Waals surface area (Å²) in [7, 11) is 0. The molecule has 2 aromatic rings. The van der Waals surface area contributed by atoms with Crippen molar-refractivity contribution in [3.63, 3.8) is 0 Å². The molecule has 128 valence electrons. The molecule has 0 atom stereocenters. The van der Waals surface area contributed by atoms with Crippen LogP contribution >= 0.6 is 0 Å². The molecule has 1 fully saturated rings. The first-order valence-electron chi connectivity index (χ1n) is 8.66. The summed E-state index contributed by atoms with van der Waals surface area (Å²) in [6, 6.07) is 12.9. The Morgan fingerprint density at radius 2 is 1.71 bits per heavy atom. The fraction of sp³-hybridized carbons (Fsp3) is 0.450. The second kappa shape index (κ2) is 6.91. The highest BCUT2D eigenvalue weighted by atomic mass is 15.3. The van der Waals surface area contributed by atoms with Crippen molar-refractivity contribution in [3.8, 4) is 0 Å². The van der Waals surface area contributed by atoms with Crippen LogP contribution in [0, 0.1) is 6.92 Å². The Hall–Kier alpha value is -1.91. The van der Waals surface area contributed by atoms with Gasteiger partial charge >= 0.3 is 0 Å². The molecular weight excluding hydrogens is 296 g/mol. The minimum atomic E-state index is 0.157. The summed E-state index contributed by atoms with van der Waals surface area (Å²) >= 11 is 0. The number of hydrogen-bond acceptors (Lipinski definition) is 4. The Bertz CT molecular complexity index is 661. The van der Waals surface area contributed by atoms with Crippen LogP contribution in [0.3, 0.4) is 0 Å². The predicted octanol–water partition coefficient (Wildman–Crippen LogP) is 3.07. The molecule has 0 unspecified atom stereocenters. The molecule has 0 radical (unpaired) electrons. The first-order chi connectivity index (χ1) is 11.4. The van der Waals surface area contributed by atoms with Crippen LogP contribution in [-0.4, -0.2) is 40.0 Å². The Morgan fingerprint density at radius 1 is 1.00 bits per heavy atom. The van der Waals surface area contributed by atoms with E-state index >= 15 is 0 Å². The van der Waals surface area contributed by atoms with Crippen LogP contribution in [-0.2, 0) is 13.1 Å². The van der Waals surface area contributed by atoms with Crippen LogP contribution in [0.25, 0.3) is 0 Å². The molecule has 4 nitrogen and oxygen atoms in total. The third kappa shape index (κ3) is 4.13. The Balaban J connectivity index is 1.61. The van der Waals surface area contributed by atoms with Gasteiger partial charge in [0.2, 0.25) is 0 Å². The van der Waals surface area contributed by atoms with Gasteiger partial charge in [-0.2, -0.15) is 0 Å². The van der Waals surface area contributed by atoms with Gasteiger partial charge in [-0.3, -0.25) is 9.80 Å². The van der Waals surface area contributed by atoms with Gasteiger partial charge < -0.3 is 5.73 Å². The normalized spacial score (nSPS) is 18.6. The first-order valence-corrected chi connectivity index (χ1v) is 8.66. The molecule has 1 aliphatic rings. The molecule has 0 bridgehead atoms. The van der Waals surface area contributed by atoms with E-state index in [0.29, 0.717) is 5.82 Å². The lowest BCUT2D eigenvalue weighted by Crippen LogP contribution is -2.58. The summed E-state index contributed by atoms with van der Waals surface area (Å²) in [6.07, 6.45) is 1.89. The van der Waals surface area contributed by atoms with Gasteiger partial charge in [-0.05, 0) is 38.0 Å². The molecule has 0 amide bonds. The number of benzene rings is 1. The Kier molecular flexibility index (Phi) is 4.88. The minimum Gasteiger partial charge on any atom is -0.384 e. The standard InChI is InChI=1S/C20H28N4/c1-16-4-6-17(7-5-16)14-24-11-10-23(15-20(24,2)3)13-18-8-9-19(21)22-12-18/h4-9,12H,10-11,13-15H2,1-3H3,(H2,21,22). The number of nitrogens with two attached hydrogens (primary N) is 1. The molecule has 0 saturated carbocycles. The Labute approximate surface area is 145 Å². The predicted molar refractivity (Wildman–Crippen MR) is 99.6 cm³/mol. The van der Waals surface area contributed by atoms with E-state index in [4.69, 9.17) is 5.73 Å². The molecule has 1 saturated heterocycles. The van der Waals surface area contributed by atoms with E-state index in [1.165, 1.54) is 16.7 Å². The summed E-state index contributed by atoms with van der Waals surface area (Å²) in [4.78, 5) is 9.30. The highest BCUT2D eigenvalue weighted by molar-refractivity contribution is 5.29. The largest absolute Gasteiger partial charge is 0.384 e. The van der Waals surface area contributed by atoms with Gasteiger partial charge in [-0.25, -0.2) is 4.98 Å². The molecule has 4 heteroatoms. The average molecular weight is 324 g/mol. The van der Waals surface area contributed by atoms with E-state index in [9.17, 15) is 0 Å². The lowest BCUT2D eigenvalue weighted by atomic mass is 9.97. The SMILES string of the molecule is Cc1ccc(CN2CCN(Cc3ccc(N)nc3)CC2(C)C)cc1. The summed E-state index contributed by atoms with van der Waals surface area (Å²) in [5, 5.41) is 0. The third-order valence-electron chi connectivity index (χ3n) is 4.90.